The molecule has 1 aliphatic rings. The number of rotatable bonds is 4. The van der Waals surface area contributed by atoms with Crippen molar-refractivity contribution in [3.8, 4) is 11.8 Å². The summed E-state index contributed by atoms with van der Waals surface area (Å²) >= 11 is 0. The highest BCUT2D eigenvalue weighted by molar-refractivity contribution is 5.43. The van der Waals surface area contributed by atoms with Gasteiger partial charge in [0, 0.05) is 12.4 Å². The van der Waals surface area contributed by atoms with Crippen LogP contribution in [-0.2, 0) is 13.0 Å². The van der Waals surface area contributed by atoms with Crippen LogP contribution in [0.15, 0.2) is 36.9 Å². The summed E-state index contributed by atoms with van der Waals surface area (Å²) < 4.78 is 7.72. The summed E-state index contributed by atoms with van der Waals surface area (Å²) in [6.45, 7) is 1.38. The molecule has 19 heavy (non-hydrogen) atoms. The Labute approximate surface area is 112 Å². The largest absolute Gasteiger partial charge is 0.492 e. The zero-order valence-electron chi connectivity index (χ0n) is 10.6. The van der Waals surface area contributed by atoms with Gasteiger partial charge in [-0.25, -0.2) is 4.98 Å². The van der Waals surface area contributed by atoms with Crippen LogP contribution < -0.4 is 4.74 Å². The maximum atomic E-state index is 9.10. The lowest BCUT2D eigenvalue weighted by Crippen LogP contribution is -2.06. The molecule has 0 saturated carbocycles. The lowest BCUT2D eigenvalue weighted by atomic mass is 10.0. The first-order valence-electron chi connectivity index (χ1n) is 6.48. The molecule has 0 spiro atoms. The van der Waals surface area contributed by atoms with Gasteiger partial charge in [0.25, 0.3) is 0 Å². The van der Waals surface area contributed by atoms with Crippen molar-refractivity contribution in [3.05, 3.63) is 48.0 Å². The smallest absolute Gasteiger partial charge is 0.119 e. The average Bonchev–Trinajstić information content (AvgIpc) is 3.07. The van der Waals surface area contributed by atoms with Crippen molar-refractivity contribution >= 4 is 0 Å². The van der Waals surface area contributed by atoms with Gasteiger partial charge in [-0.15, -0.1) is 0 Å². The molecule has 2 aromatic rings. The number of aromatic nitrogens is 2. The molecule has 96 valence electrons. The van der Waals surface area contributed by atoms with Crippen molar-refractivity contribution in [2.24, 2.45) is 0 Å². The van der Waals surface area contributed by atoms with Crippen molar-refractivity contribution in [3.63, 3.8) is 0 Å². The van der Waals surface area contributed by atoms with E-state index in [4.69, 9.17) is 10.00 Å². The minimum absolute atomic E-state index is 0.0344. The van der Waals surface area contributed by atoms with E-state index in [0.717, 1.165) is 30.7 Å². The van der Waals surface area contributed by atoms with Gasteiger partial charge in [-0.2, -0.15) is 5.26 Å². The van der Waals surface area contributed by atoms with Crippen molar-refractivity contribution in [2.75, 3.05) is 6.61 Å². The molecule has 0 aliphatic heterocycles. The second-order valence-electron chi connectivity index (χ2n) is 4.73. The van der Waals surface area contributed by atoms with Crippen molar-refractivity contribution in [1.29, 1.82) is 5.26 Å². The van der Waals surface area contributed by atoms with Gasteiger partial charge >= 0.3 is 0 Å². The van der Waals surface area contributed by atoms with Gasteiger partial charge in [0.2, 0.25) is 0 Å². The summed E-state index contributed by atoms with van der Waals surface area (Å²) in [5, 5.41) is 9.10. The molecule has 4 nitrogen and oxygen atoms in total. The number of ether oxygens (including phenoxy) is 1. The van der Waals surface area contributed by atoms with Crippen LogP contribution >= 0.6 is 0 Å². The maximum absolute atomic E-state index is 9.10. The van der Waals surface area contributed by atoms with Crippen LogP contribution in [-0.4, -0.2) is 16.2 Å². The van der Waals surface area contributed by atoms with Gasteiger partial charge in [-0.3, -0.25) is 0 Å². The number of nitrogens with zero attached hydrogens (tertiary/aromatic N) is 3. The number of hydrogen-bond donors (Lipinski definition) is 0. The molecule has 3 rings (SSSR count). The number of aryl methyl sites for hydroxylation is 1. The van der Waals surface area contributed by atoms with E-state index in [9.17, 15) is 0 Å². The highest BCUT2D eigenvalue weighted by Gasteiger charge is 2.22. The molecule has 0 saturated heterocycles. The summed E-state index contributed by atoms with van der Waals surface area (Å²) in [4.78, 5) is 3.99. The van der Waals surface area contributed by atoms with Gasteiger partial charge < -0.3 is 9.30 Å². The standard InChI is InChI=1S/C15H15N3O/c16-10-13-2-1-12-3-4-14(9-15(12)13)19-8-7-18-6-5-17-11-18/h3-6,9,11,13H,1-2,7-8H2. The Kier molecular flexibility index (Phi) is 3.20. The molecule has 1 heterocycles. The van der Waals surface area contributed by atoms with Crippen LogP contribution in [0.3, 0.4) is 0 Å². The fourth-order valence-electron chi connectivity index (χ4n) is 2.49. The van der Waals surface area contributed by atoms with Crippen molar-refractivity contribution in [2.45, 2.75) is 25.3 Å². The molecular weight excluding hydrogens is 238 g/mol. The summed E-state index contributed by atoms with van der Waals surface area (Å²) in [6, 6.07) is 8.45. The minimum Gasteiger partial charge on any atom is -0.492 e. The van der Waals surface area contributed by atoms with Crippen molar-refractivity contribution in [1.82, 2.24) is 9.55 Å². The zero-order chi connectivity index (χ0) is 13.1. The van der Waals surface area contributed by atoms with E-state index >= 15 is 0 Å². The summed E-state index contributed by atoms with van der Waals surface area (Å²) in [6.07, 6.45) is 7.38. The third-order valence-corrected chi connectivity index (χ3v) is 3.53. The Bertz CT molecular complexity index is 598. The number of nitriles is 1. The lowest BCUT2D eigenvalue weighted by molar-refractivity contribution is 0.298. The molecule has 1 atom stereocenters. The lowest BCUT2D eigenvalue weighted by Gasteiger charge is -2.09. The van der Waals surface area contributed by atoms with Gasteiger partial charge in [-0.05, 0) is 36.1 Å². The van der Waals surface area contributed by atoms with Crippen LogP contribution in [0.25, 0.3) is 0 Å². The molecule has 0 fully saturated rings. The Hall–Kier alpha value is -2.28. The van der Waals surface area contributed by atoms with Crippen LogP contribution in [0.5, 0.6) is 5.75 Å². The molecular formula is C15H15N3O. The van der Waals surface area contributed by atoms with Crippen LogP contribution in [0.1, 0.15) is 23.5 Å². The van der Waals surface area contributed by atoms with E-state index in [1.807, 2.05) is 22.9 Å². The van der Waals surface area contributed by atoms with E-state index in [2.05, 4.69) is 17.1 Å². The second kappa shape index (κ2) is 5.15. The average molecular weight is 253 g/mol. The molecule has 1 aromatic carbocycles. The Morgan fingerprint density at radius 3 is 3.21 bits per heavy atom. The van der Waals surface area contributed by atoms with Gasteiger partial charge in [-0.1, -0.05) is 6.07 Å². The third-order valence-electron chi connectivity index (χ3n) is 3.53. The SMILES string of the molecule is N#CC1CCc2ccc(OCCn3ccnc3)cc21. The fourth-order valence-corrected chi connectivity index (χ4v) is 2.49. The minimum atomic E-state index is 0.0344. The summed E-state index contributed by atoms with van der Waals surface area (Å²) in [5.41, 5.74) is 2.43. The van der Waals surface area contributed by atoms with E-state index in [0.29, 0.717) is 6.61 Å². The molecule has 0 amide bonds. The quantitative estimate of drug-likeness (QED) is 0.841. The molecule has 4 heteroatoms. The number of fused-ring (bicyclic) bond motifs is 1. The van der Waals surface area contributed by atoms with E-state index < -0.39 is 0 Å². The molecule has 0 radical (unpaired) electrons. The predicted molar refractivity (Wildman–Crippen MR) is 70.8 cm³/mol. The Balaban J connectivity index is 1.64. The highest BCUT2D eigenvalue weighted by atomic mass is 16.5. The first-order chi connectivity index (χ1) is 9.36. The fraction of sp³-hybridized carbons (Fsp3) is 0.333. The van der Waals surface area contributed by atoms with Crippen LogP contribution in [0, 0.1) is 11.3 Å². The topological polar surface area (TPSA) is 50.8 Å². The van der Waals surface area contributed by atoms with Crippen LogP contribution in [0.2, 0.25) is 0 Å². The molecule has 1 unspecified atom stereocenters. The molecule has 1 aliphatic carbocycles. The van der Waals surface area contributed by atoms with E-state index in [-0.39, 0.29) is 5.92 Å². The Morgan fingerprint density at radius 1 is 1.47 bits per heavy atom. The molecule has 0 bridgehead atoms. The monoisotopic (exact) mass is 253 g/mol. The predicted octanol–water partition coefficient (Wildman–Crippen LogP) is 2.52. The molecule has 0 N–H and O–H groups in total. The first-order valence-corrected chi connectivity index (χ1v) is 6.48. The Morgan fingerprint density at radius 2 is 2.42 bits per heavy atom. The zero-order valence-corrected chi connectivity index (χ0v) is 10.6. The van der Waals surface area contributed by atoms with E-state index in [1.165, 1.54) is 5.56 Å². The van der Waals surface area contributed by atoms with Gasteiger partial charge in [0.1, 0.15) is 12.4 Å². The third kappa shape index (κ3) is 2.45. The summed E-state index contributed by atoms with van der Waals surface area (Å²) in [5.74, 6) is 0.883. The second-order valence-corrected chi connectivity index (χ2v) is 4.73. The summed E-state index contributed by atoms with van der Waals surface area (Å²) in [7, 11) is 0. The number of benzene rings is 1. The van der Waals surface area contributed by atoms with Gasteiger partial charge in [0.05, 0.1) is 24.9 Å². The normalized spacial score (nSPS) is 16.9. The molecule has 1 aromatic heterocycles. The number of imidazole rings is 1. The van der Waals surface area contributed by atoms with E-state index in [1.54, 1.807) is 12.5 Å². The number of hydrogen-bond acceptors (Lipinski definition) is 3. The van der Waals surface area contributed by atoms with Crippen molar-refractivity contribution < 1.29 is 4.74 Å². The maximum Gasteiger partial charge on any atom is 0.119 e. The van der Waals surface area contributed by atoms with Gasteiger partial charge in [0.15, 0.2) is 0 Å². The first kappa shape index (κ1) is 11.8. The van der Waals surface area contributed by atoms with Crippen LogP contribution in [0.4, 0.5) is 0 Å². The highest BCUT2D eigenvalue weighted by Crippen LogP contribution is 2.34.